The minimum Gasteiger partial charge on any atom is -0.281 e. The Hall–Kier alpha value is -1.09. The fourth-order valence-corrected chi connectivity index (χ4v) is 1.72. The lowest BCUT2D eigenvalue weighted by Crippen LogP contribution is -2.35. The van der Waals surface area contributed by atoms with Gasteiger partial charge in [-0.1, -0.05) is 12.2 Å². The molecular weight excluding hydrogens is 154 g/mol. The van der Waals surface area contributed by atoms with Gasteiger partial charge in [0.05, 0.1) is 5.70 Å². The van der Waals surface area contributed by atoms with Crippen LogP contribution in [0.15, 0.2) is 23.9 Å². The molecule has 1 aliphatic carbocycles. The van der Waals surface area contributed by atoms with Crippen molar-refractivity contribution in [2.75, 3.05) is 0 Å². The Morgan fingerprint density at radius 2 is 2.42 bits per heavy atom. The molecule has 0 aromatic rings. The van der Waals surface area contributed by atoms with Crippen LogP contribution in [0.4, 0.5) is 0 Å². The van der Waals surface area contributed by atoms with Gasteiger partial charge < -0.3 is 0 Å². The number of carbonyl (C=O) groups excluding carboxylic acids is 1. The van der Waals surface area contributed by atoms with E-state index in [2.05, 4.69) is 6.08 Å². The van der Waals surface area contributed by atoms with Crippen molar-refractivity contribution in [1.29, 1.82) is 0 Å². The maximum atomic E-state index is 11.1. The van der Waals surface area contributed by atoms with Gasteiger partial charge in [0.1, 0.15) is 0 Å². The SMILES string of the molecule is O=C1CCC2CC=CC=C2N1O. The zero-order valence-corrected chi connectivity index (χ0v) is 6.73. The fraction of sp³-hybridized carbons (Fsp3) is 0.444. The molecule has 1 N–H and O–H groups in total. The van der Waals surface area contributed by atoms with Gasteiger partial charge in [-0.15, -0.1) is 0 Å². The molecule has 0 radical (unpaired) electrons. The predicted molar refractivity (Wildman–Crippen MR) is 43.2 cm³/mol. The van der Waals surface area contributed by atoms with E-state index in [9.17, 15) is 10.0 Å². The highest BCUT2D eigenvalue weighted by Gasteiger charge is 2.29. The smallest absolute Gasteiger partial charge is 0.250 e. The van der Waals surface area contributed by atoms with E-state index in [-0.39, 0.29) is 5.91 Å². The highest BCUT2D eigenvalue weighted by atomic mass is 16.5. The van der Waals surface area contributed by atoms with Crippen LogP contribution in [0.3, 0.4) is 0 Å². The first-order valence-corrected chi connectivity index (χ1v) is 4.17. The Kier molecular flexibility index (Phi) is 1.73. The van der Waals surface area contributed by atoms with Crippen molar-refractivity contribution in [1.82, 2.24) is 5.06 Å². The molecule has 3 heteroatoms. The molecule has 1 amide bonds. The summed E-state index contributed by atoms with van der Waals surface area (Å²) in [6.45, 7) is 0. The van der Waals surface area contributed by atoms with Crippen LogP contribution in [-0.4, -0.2) is 16.2 Å². The van der Waals surface area contributed by atoms with Gasteiger partial charge in [0, 0.05) is 12.3 Å². The number of hydrogen-bond acceptors (Lipinski definition) is 2. The molecule has 0 aromatic carbocycles. The molecule has 2 rings (SSSR count). The van der Waals surface area contributed by atoms with E-state index in [1.807, 2.05) is 12.2 Å². The monoisotopic (exact) mass is 165 g/mol. The zero-order chi connectivity index (χ0) is 8.55. The molecule has 1 fully saturated rings. The molecule has 1 unspecified atom stereocenters. The van der Waals surface area contributed by atoms with Crippen LogP contribution in [0.1, 0.15) is 19.3 Å². The Morgan fingerprint density at radius 3 is 3.25 bits per heavy atom. The number of amides is 1. The number of fused-ring (bicyclic) bond motifs is 1. The zero-order valence-electron chi connectivity index (χ0n) is 6.73. The Balaban J connectivity index is 2.27. The van der Waals surface area contributed by atoms with Crippen LogP contribution in [-0.2, 0) is 4.79 Å². The van der Waals surface area contributed by atoms with Gasteiger partial charge >= 0.3 is 0 Å². The Labute approximate surface area is 70.9 Å². The Bertz CT molecular complexity index is 268. The number of allylic oxidation sites excluding steroid dienone is 4. The highest BCUT2D eigenvalue weighted by Crippen LogP contribution is 2.31. The maximum Gasteiger partial charge on any atom is 0.250 e. The maximum absolute atomic E-state index is 11.1. The normalized spacial score (nSPS) is 28.4. The quantitative estimate of drug-likeness (QED) is 0.552. The third-order valence-corrected chi connectivity index (χ3v) is 2.43. The molecule has 1 heterocycles. The van der Waals surface area contributed by atoms with Gasteiger partial charge in [0.15, 0.2) is 0 Å². The van der Waals surface area contributed by atoms with Crippen molar-refractivity contribution in [2.45, 2.75) is 19.3 Å². The van der Waals surface area contributed by atoms with Gasteiger partial charge in [0.25, 0.3) is 0 Å². The van der Waals surface area contributed by atoms with Crippen molar-refractivity contribution in [3.63, 3.8) is 0 Å². The second kappa shape index (κ2) is 2.75. The number of rotatable bonds is 0. The van der Waals surface area contributed by atoms with E-state index in [4.69, 9.17) is 0 Å². The third-order valence-electron chi connectivity index (χ3n) is 2.43. The Morgan fingerprint density at radius 1 is 1.58 bits per heavy atom. The average Bonchev–Trinajstić information content (AvgIpc) is 2.12. The fourth-order valence-electron chi connectivity index (χ4n) is 1.72. The summed E-state index contributed by atoms with van der Waals surface area (Å²) in [5, 5.41) is 10.2. The lowest BCUT2D eigenvalue weighted by atomic mass is 9.89. The molecule has 64 valence electrons. The van der Waals surface area contributed by atoms with Crippen LogP contribution in [0, 0.1) is 5.92 Å². The largest absolute Gasteiger partial charge is 0.281 e. The number of hydroxylamine groups is 2. The van der Waals surface area contributed by atoms with E-state index in [1.54, 1.807) is 0 Å². The van der Waals surface area contributed by atoms with E-state index in [0.29, 0.717) is 12.3 Å². The van der Waals surface area contributed by atoms with Gasteiger partial charge in [-0.2, -0.15) is 5.06 Å². The molecule has 1 aliphatic heterocycles. The summed E-state index contributed by atoms with van der Waals surface area (Å²) in [6.07, 6.45) is 8.03. The second-order valence-corrected chi connectivity index (χ2v) is 3.20. The summed E-state index contributed by atoms with van der Waals surface area (Å²) in [4.78, 5) is 11.1. The van der Waals surface area contributed by atoms with Crippen LogP contribution < -0.4 is 0 Å². The minimum absolute atomic E-state index is 0.187. The van der Waals surface area contributed by atoms with E-state index in [1.165, 1.54) is 0 Å². The van der Waals surface area contributed by atoms with Crippen LogP contribution in [0.5, 0.6) is 0 Å². The van der Waals surface area contributed by atoms with E-state index in [0.717, 1.165) is 23.6 Å². The number of piperidine rings is 1. The number of carbonyl (C=O) groups is 1. The van der Waals surface area contributed by atoms with Crippen LogP contribution in [0.2, 0.25) is 0 Å². The molecule has 1 atom stereocenters. The van der Waals surface area contributed by atoms with Crippen molar-refractivity contribution >= 4 is 5.91 Å². The van der Waals surface area contributed by atoms with E-state index >= 15 is 0 Å². The molecule has 1 saturated heterocycles. The van der Waals surface area contributed by atoms with Gasteiger partial charge in [-0.25, -0.2) is 0 Å². The topological polar surface area (TPSA) is 40.5 Å². The van der Waals surface area contributed by atoms with Crippen LogP contribution in [0.25, 0.3) is 0 Å². The van der Waals surface area contributed by atoms with E-state index < -0.39 is 0 Å². The molecule has 2 aliphatic rings. The van der Waals surface area contributed by atoms with Crippen molar-refractivity contribution < 1.29 is 10.0 Å². The van der Waals surface area contributed by atoms with Crippen LogP contribution >= 0.6 is 0 Å². The summed E-state index contributed by atoms with van der Waals surface area (Å²) < 4.78 is 0. The first-order valence-electron chi connectivity index (χ1n) is 4.17. The summed E-state index contributed by atoms with van der Waals surface area (Å²) in [5.74, 6) is 0.158. The van der Waals surface area contributed by atoms with Crippen molar-refractivity contribution in [2.24, 2.45) is 5.92 Å². The first-order chi connectivity index (χ1) is 5.79. The minimum atomic E-state index is -0.187. The number of nitrogens with zero attached hydrogens (tertiary/aromatic N) is 1. The van der Waals surface area contributed by atoms with Gasteiger partial charge in [-0.3, -0.25) is 10.0 Å². The average molecular weight is 165 g/mol. The highest BCUT2D eigenvalue weighted by molar-refractivity contribution is 5.78. The molecule has 3 nitrogen and oxygen atoms in total. The summed E-state index contributed by atoms with van der Waals surface area (Å²) in [6, 6.07) is 0. The van der Waals surface area contributed by atoms with Crippen molar-refractivity contribution in [3.05, 3.63) is 23.9 Å². The molecule has 0 aromatic heterocycles. The lowest BCUT2D eigenvalue weighted by molar-refractivity contribution is -0.162. The summed E-state index contributed by atoms with van der Waals surface area (Å²) in [7, 11) is 0. The molecular formula is C9H11NO2. The molecule has 12 heavy (non-hydrogen) atoms. The summed E-state index contributed by atoms with van der Waals surface area (Å²) >= 11 is 0. The first kappa shape index (κ1) is 7.55. The number of hydrogen-bond donors (Lipinski definition) is 1. The molecule has 0 bridgehead atoms. The summed E-state index contributed by atoms with van der Waals surface area (Å²) in [5.41, 5.74) is 0.758. The lowest BCUT2D eigenvalue weighted by Gasteiger charge is -2.31. The van der Waals surface area contributed by atoms with Crippen molar-refractivity contribution in [3.8, 4) is 0 Å². The predicted octanol–water partition coefficient (Wildman–Crippen LogP) is 1.46. The second-order valence-electron chi connectivity index (χ2n) is 3.20. The molecule has 0 spiro atoms. The molecule has 0 saturated carbocycles. The standard InChI is InChI=1S/C9H11NO2/c11-9-6-5-7-3-1-2-4-8(7)10(9)12/h1-2,4,7,12H,3,5-6H2. The van der Waals surface area contributed by atoms with Gasteiger partial charge in [-0.05, 0) is 18.9 Å². The van der Waals surface area contributed by atoms with Gasteiger partial charge in [0.2, 0.25) is 5.91 Å². The third kappa shape index (κ3) is 1.06.